The zero-order chi connectivity index (χ0) is 20.7. The number of anilines is 1. The number of benzene rings is 2. The van der Waals surface area contributed by atoms with Crippen molar-refractivity contribution in [2.24, 2.45) is 7.05 Å². The molecule has 2 heterocycles. The van der Waals surface area contributed by atoms with Gasteiger partial charge in [-0.05, 0) is 38.5 Å². The Labute approximate surface area is 169 Å². The maximum atomic E-state index is 13.1. The lowest BCUT2D eigenvalue weighted by Crippen LogP contribution is -2.50. The van der Waals surface area contributed by atoms with E-state index in [0.29, 0.717) is 11.4 Å². The van der Waals surface area contributed by atoms with Crippen LogP contribution in [0.15, 0.2) is 48.5 Å². The lowest BCUT2D eigenvalue weighted by Gasteiger charge is -2.32. The molecule has 3 aromatic rings. The molecule has 0 fully saturated rings. The monoisotopic (exact) mass is 388 g/mol. The lowest BCUT2D eigenvalue weighted by molar-refractivity contribution is -0.118. The molecule has 1 aromatic heterocycles. The molecule has 0 saturated carbocycles. The van der Waals surface area contributed by atoms with Gasteiger partial charge in [0.1, 0.15) is 11.9 Å². The van der Waals surface area contributed by atoms with Gasteiger partial charge in [0.05, 0.1) is 5.69 Å². The van der Waals surface area contributed by atoms with Gasteiger partial charge in [-0.15, -0.1) is 0 Å². The summed E-state index contributed by atoms with van der Waals surface area (Å²) in [5.74, 6) is -0.148. The van der Waals surface area contributed by atoms with Gasteiger partial charge in [-0.2, -0.15) is 5.10 Å². The van der Waals surface area contributed by atoms with E-state index in [0.717, 1.165) is 27.9 Å². The first-order valence-corrected chi connectivity index (χ1v) is 9.63. The van der Waals surface area contributed by atoms with Crippen LogP contribution in [0.2, 0.25) is 0 Å². The molecular weight excluding hydrogens is 364 g/mol. The summed E-state index contributed by atoms with van der Waals surface area (Å²) in [6.07, 6.45) is 0. The second kappa shape index (κ2) is 7.20. The molecule has 0 bridgehead atoms. The average molecular weight is 388 g/mol. The number of aryl methyl sites for hydroxylation is 4. The van der Waals surface area contributed by atoms with Gasteiger partial charge in [0.2, 0.25) is 5.91 Å². The van der Waals surface area contributed by atoms with Gasteiger partial charge in [0.15, 0.2) is 0 Å². The summed E-state index contributed by atoms with van der Waals surface area (Å²) in [7, 11) is 1.81. The molecule has 2 atom stereocenters. The molecule has 148 valence electrons. The Morgan fingerprint density at radius 1 is 1.07 bits per heavy atom. The van der Waals surface area contributed by atoms with Crippen LogP contribution in [-0.4, -0.2) is 27.6 Å². The minimum absolute atomic E-state index is 0.243. The molecule has 29 heavy (non-hydrogen) atoms. The summed E-state index contributed by atoms with van der Waals surface area (Å²) in [5, 5.41) is 10.4. The van der Waals surface area contributed by atoms with Gasteiger partial charge in [-0.25, -0.2) is 0 Å². The molecule has 0 unspecified atom stereocenters. The summed E-state index contributed by atoms with van der Waals surface area (Å²) < 4.78 is 1.68. The Bertz CT molecular complexity index is 1120. The number of rotatable bonds is 3. The number of nitrogens with one attached hydrogen (secondary N) is 2. The topological polar surface area (TPSA) is 76.0 Å². The van der Waals surface area contributed by atoms with Gasteiger partial charge in [0.25, 0.3) is 5.91 Å². The van der Waals surface area contributed by atoms with Crippen molar-refractivity contribution in [2.75, 3.05) is 5.32 Å². The third kappa shape index (κ3) is 3.42. The molecule has 6 nitrogen and oxygen atoms in total. The highest BCUT2D eigenvalue weighted by Crippen LogP contribution is 2.39. The van der Waals surface area contributed by atoms with Crippen LogP contribution < -0.4 is 10.6 Å². The van der Waals surface area contributed by atoms with Gasteiger partial charge < -0.3 is 10.6 Å². The largest absolute Gasteiger partial charge is 0.339 e. The van der Waals surface area contributed by atoms with E-state index in [1.165, 1.54) is 0 Å². The molecule has 1 aliphatic rings. The molecule has 2 amide bonds. The van der Waals surface area contributed by atoms with E-state index in [2.05, 4.69) is 21.8 Å². The molecule has 0 aliphatic carbocycles. The molecule has 4 rings (SSSR count). The number of aromatic nitrogens is 2. The molecule has 2 N–H and O–H groups in total. The standard InChI is InChI=1S/C23H24N4O2/c1-13-7-5-9-16(11-13)19-18-15(3)26-27(4)21(18)25-23(29)20(19)24-22(28)17-10-6-8-14(2)12-17/h5-12,19-20H,1-4H3,(H,24,28)(H,25,29)/t19-,20-/m1/s1. The Balaban J connectivity index is 1.79. The van der Waals surface area contributed by atoms with Crippen LogP contribution in [-0.2, 0) is 11.8 Å². The van der Waals surface area contributed by atoms with Gasteiger partial charge in [-0.3, -0.25) is 14.3 Å². The number of amides is 2. The first-order valence-electron chi connectivity index (χ1n) is 9.63. The minimum Gasteiger partial charge on any atom is -0.339 e. The normalized spacial score (nSPS) is 18.1. The van der Waals surface area contributed by atoms with Crippen molar-refractivity contribution in [1.29, 1.82) is 0 Å². The molecule has 0 spiro atoms. The summed E-state index contributed by atoms with van der Waals surface area (Å²) in [5.41, 5.74) is 5.38. The number of carbonyl (C=O) groups excluding carboxylic acids is 2. The van der Waals surface area contributed by atoms with Crippen molar-refractivity contribution in [1.82, 2.24) is 15.1 Å². The fourth-order valence-electron chi connectivity index (χ4n) is 4.09. The molecule has 1 aliphatic heterocycles. The molecule has 0 radical (unpaired) electrons. The van der Waals surface area contributed by atoms with E-state index in [1.54, 1.807) is 10.7 Å². The van der Waals surface area contributed by atoms with Gasteiger partial charge in [-0.1, -0.05) is 47.5 Å². The van der Waals surface area contributed by atoms with Gasteiger partial charge in [0, 0.05) is 24.1 Å². The van der Waals surface area contributed by atoms with Crippen LogP contribution in [0.25, 0.3) is 0 Å². The average Bonchev–Trinajstić information content (AvgIpc) is 2.95. The minimum atomic E-state index is -0.736. The second-order valence-corrected chi connectivity index (χ2v) is 7.67. The van der Waals surface area contributed by atoms with Crippen molar-refractivity contribution in [3.8, 4) is 0 Å². The molecule has 6 heteroatoms. The van der Waals surface area contributed by atoms with E-state index >= 15 is 0 Å². The quantitative estimate of drug-likeness (QED) is 0.723. The van der Waals surface area contributed by atoms with Crippen LogP contribution in [0.3, 0.4) is 0 Å². The smallest absolute Gasteiger partial charge is 0.251 e. The number of hydrogen-bond acceptors (Lipinski definition) is 3. The Kier molecular flexibility index (Phi) is 4.70. The van der Waals surface area contributed by atoms with Crippen molar-refractivity contribution in [3.63, 3.8) is 0 Å². The highest BCUT2D eigenvalue weighted by Gasteiger charge is 2.41. The van der Waals surface area contributed by atoms with Crippen LogP contribution in [0.1, 0.15) is 44.2 Å². The SMILES string of the molecule is Cc1cccc(C(=O)N[C@H]2C(=O)Nc3c(c(C)nn3C)[C@H]2c2cccc(C)c2)c1. The Morgan fingerprint density at radius 3 is 2.45 bits per heavy atom. The van der Waals surface area contributed by atoms with Crippen molar-refractivity contribution in [3.05, 3.63) is 82.0 Å². The van der Waals surface area contributed by atoms with Crippen LogP contribution in [0.5, 0.6) is 0 Å². The van der Waals surface area contributed by atoms with Crippen molar-refractivity contribution < 1.29 is 9.59 Å². The van der Waals surface area contributed by atoms with Crippen LogP contribution in [0.4, 0.5) is 5.82 Å². The van der Waals surface area contributed by atoms with Gasteiger partial charge >= 0.3 is 0 Å². The fraction of sp³-hybridized carbons (Fsp3) is 0.261. The van der Waals surface area contributed by atoms with E-state index in [9.17, 15) is 9.59 Å². The Morgan fingerprint density at radius 2 is 1.76 bits per heavy atom. The van der Waals surface area contributed by atoms with E-state index in [-0.39, 0.29) is 17.7 Å². The van der Waals surface area contributed by atoms with Crippen molar-refractivity contribution in [2.45, 2.75) is 32.7 Å². The maximum absolute atomic E-state index is 13.1. The number of hydrogen-bond donors (Lipinski definition) is 2. The third-order valence-corrected chi connectivity index (χ3v) is 5.41. The van der Waals surface area contributed by atoms with E-state index in [4.69, 9.17) is 0 Å². The maximum Gasteiger partial charge on any atom is 0.251 e. The fourth-order valence-corrected chi connectivity index (χ4v) is 4.09. The third-order valence-electron chi connectivity index (χ3n) is 5.41. The molecule has 0 saturated heterocycles. The number of carbonyl (C=O) groups is 2. The zero-order valence-electron chi connectivity index (χ0n) is 17.0. The first kappa shape index (κ1) is 18.9. The first-order chi connectivity index (χ1) is 13.8. The summed E-state index contributed by atoms with van der Waals surface area (Å²) in [6.45, 7) is 5.88. The van der Waals surface area contributed by atoms with Crippen molar-refractivity contribution >= 4 is 17.6 Å². The number of nitrogens with zero attached hydrogens (tertiary/aromatic N) is 2. The molecular formula is C23H24N4O2. The summed E-state index contributed by atoms with van der Waals surface area (Å²) in [6, 6.07) is 14.7. The highest BCUT2D eigenvalue weighted by atomic mass is 16.2. The summed E-state index contributed by atoms with van der Waals surface area (Å²) in [4.78, 5) is 26.0. The van der Waals surface area contributed by atoms with E-state index in [1.807, 2.05) is 64.2 Å². The van der Waals surface area contributed by atoms with Crippen LogP contribution in [0, 0.1) is 20.8 Å². The summed E-state index contributed by atoms with van der Waals surface area (Å²) >= 11 is 0. The predicted octanol–water partition coefficient (Wildman–Crippen LogP) is 3.23. The number of fused-ring (bicyclic) bond motifs is 1. The van der Waals surface area contributed by atoms with E-state index < -0.39 is 6.04 Å². The molecule has 2 aromatic carbocycles. The lowest BCUT2D eigenvalue weighted by atomic mass is 9.81. The predicted molar refractivity (Wildman–Crippen MR) is 112 cm³/mol. The van der Waals surface area contributed by atoms with Crippen LogP contribution >= 0.6 is 0 Å². The highest BCUT2D eigenvalue weighted by molar-refractivity contribution is 6.04. The Hall–Kier alpha value is -3.41. The second-order valence-electron chi connectivity index (χ2n) is 7.67. The zero-order valence-corrected chi connectivity index (χ0v) is 17.0.